The second-order valence-corrected chi connectivity index (χ2v) is 5.39. The highest BCUT2D eigenvalue weighted by Gasteiger charge is 2.17. The molecule has 102 valence electrons. The summed E-state index contributed by atoms with van der Waals surface area (Å²) in [4.78, 5) is 0. The lowest BCUT2D eigenvalue weighted by Crippen LogP contribution is -2.32. The summed E-state index contributed by atoms with van der Waals surface area (Å²) in [6, 6.07) is 4.98. The highest BCUT2D eigenvalue weighted by molar-refractivity contribution is 7.87. The van der Waals surface area contributed by atoms with Crippen LogP contribution in [0.25, 0.3) is 0 Å². The predicted octanol–water partition coefficient (Wildman–Crippen LogP) is 0.565. The summed E-state index contributed by atoms with van der Waals surface area (Å²) in [5.74, 6) is 0.450. The summed E-state index contributed by atoms with van der Waals surface area (Å²) in [5.41, 5.74) is 0.429. The molecule has 0 radical (unpaired) electrons. The lowest BCUT2D eigenvalue weighted by molar-refractivity contribution is 0.165. The van der Waals surface area contributed by atoms with Crippen molar-refractivity contribution in [3.05, 3.63) is 28.8 Å². The SMILES string of the molecule is COc1cccc(Cl)c1C(O)CCNS(N)(=O)=O. The summed E-state index contributed by atoms with van der Waals surface area (Å²) < 4.78 is 28.5. The minimum Gasteiger partial charge on any atom is -0.496 e. The number of nitrogens with two attached hydrogens (primary N) is 1. The van der Waals surface area contributed by atoms with Gasteiger partial charge in [0.1, 0.15) is 5.75 Å². The number of aliphatic hydroxyl groups excluding tert-OH is 1. The minimum absolute atomic E-state index is 0.00831. The Bertz CT molecular complexity index is 507. The fraction of sp³-hybridized carbons (Fsp3) is 0.400. The van der Waals surface area contributed by atoms with E-state index >= 15 is 0 Å². The number of aliphatic hydroxyl groups is 1. The van der Waals surface area contributed by atoms with E-state index in [2.05, 4.69) is 4.72 Å². The highest BCUT2D eigenvalue weighted by atomic mass is 35.5. The molecule has 1 aromatic carbocycles. The van der Waals surface area contributed by atoms with E-state index < -0.39 is 16.3 Å². The van der Waals surface area contributed by atoms with Gasteiger partial charge in [-0.25, -0.2) is 9.86 Å². The summed E-state index contributed by atoms with van der Waals surface area (Å²) in [7, 11) is -2.29. The fourth-order valence-corrected chi connectivity index (χ4v) is 2.20. The topological polar surface area (TPSA) is 102 Å². The lowest BCUT2D eigenvalue weighted by Gasteiger charge is -2.16. The molecule has 0 bridgehead atoms. The first-order valence-electron chi connectivity index (χ1n) is 5.13. The Morgan fingerprint density at radius 3 is 2.78 bits per heavy atom. The van der Waals surface area contributed by atoms with Gasteiger partial charge in [-0.05, 0) is 18.6 Å². The van der Waals surface area contributed by atoms with E-state index in [4.69, 9.17) is 21.5 Å². The van der Waals surface area contributed by atoms with Gasteiger partial charge in [0.25, 0.3) is 10.2 Å². The summed E-state index contributed by atoms with van der Waals surface area (Å²) in [6.45, 7) is 0.00831. The van der Waals surface area contributed by atoms with Crippen LogP contribution in [0.4, 0.5) is 0 Å². The first-order chi connectivity index (χ1) is 8.35. The van der Waals surface area contributed by atoms with Gasteiger partial charge in [-0.2, -0.15) is 8.42 Å². The van der Waals surface area contributed by atoms with Crippen LogP contribution >= 0.6 is 11.6 Å². The Balaban J connectivity index is 2.75. The molecule has 1 aromatic rings. The van der Waals surface area contributed by atoms with Gasteiger partial charge in [0.15, 0.2) is 0 Å². The van der Waals surface area contributed by atoms with Crippen molar-refractivity contribution in [1.82, 2.24) is 4.72 Å². The second-order valence-electron chi connectivity index (χ2n) is 3.60. The van der Waals surface area contributed by atoms with Crippen molar-refractivity contribution < 1.29 is 18.3 Å². The van der Waals surface area contributed by atoms with E-state index in [1.54, 1.807) is 18.2 Å². The van der Waals surface area contributed by atoms with Crippen molar-refractivity contribution in [2.45, 2.75) is 12.5 Å². The van der Waals surface area contributed by atoms with Crippen LogP contribution in [0.1, 0.15) is 18.1 Å². The molecule has 18 heavy (non-hydrogen) atoms. The van der Waals surface area contributed by atoms with Gasteiger partial charge >= 0.3 is 0 Å². The molecule has 0 aromatic heterocycles. The van der Waals surface area contributed by atoms with Gasteiger partial charge in [-0.15, -0.1) is 0 Å². The van der Waals surface area contributed by atoms with Gasteiger partial charge < -0.3 is 9.84 Å². The highest BCUT2D eigenvalue weighted by Crippen LogP contribution is 2.33. The molecule has 0 saturated carbocycles. The summed E-state index contributed by atoms with van der Waals surface area (Å²) in [5, 5.41) is 15.1. The van der Waals surface area contributed by atoms with Gasteiger partial charge in [0, 0.05) is 12.1 Å². The van der Waals surface area contributed by atoms with Crippen molar-refractivity contribution in [2.75, 3.05) is 13.7 Å². The third-order valence-electron chi connectivity index (χ3n) is 2.29. The molecule has 0 spiro atoms. The Labute approximate surface area is 111 Å². The van der Waals surface area contributed by atoms with Crippen LogP contribution in [0.3, 0.4) is 0 Å². The molecule has 6 nitrogen and oxygen atoms in total. The van der Waals surface area contributed by atoms with Crippen LogP contribution in [0.5, 0.6) is 5.75 Å². The first kappa shape index (κ1) is 15.2. The first-order valence-corrected chi connectivity index (χ1v) is 7.05. The molecule has 8 heteroatoms. The zero-order valence-electron chi connectivity index (χ0n) is 9.76. The monoisotopic (exact) mass is 294 g/mol. The molecule has 1 rings (SSSR count). The summed E-state index contributed by atoms with van der Waals surface area (Å²) >= 11 is 5.97. The van der Waals surface area contributed by atoms with Crippen LogP contribution in [0, 0.1) is 0 Å². The number of rotatable bonds is 6. The molecule has 0 amide bonds. The second kappa shape index (κ2) is 6.35. The molecule has 1 unspecified atom stereocenters. The van der Waals surface area contributed by atoms with Crippen molar-refractivity contribution in [3.8, 4) is 5.75 Å². The van der Waals surface area contributed by atoms with E-state index in [0.29, 0.717) is 16.3 Å². The van der Waals surface area contributed by atoms with Gasteiger partial charge in [0.2, 0.25) is 0 Å². The lowest BCUT2D eigenvalue weighted by atomic mass is 10.1. The number of ether oxygens (including phenoxy) is 1. The van der Waals surface area contributed by atoms with Gasteiger partial charge in [0.05, 0.1) is 18.2 Å². The molecular weight excluding hydrogens is 280 g/mol. The van der Waals surface area contributed by atoms with E-state index in [1.807, 2.05) is 0 Å². The largest absolute Gasteiger partial charge is 0.496 e. The van der Waals surface area contributed by atoms with Crippen molar-refractivity contribution in [1.29, 1.82) is 0 Å². The van der Waals surface area contributed by atoms with E-state index in [1.165, 1.54) is 7.11 Å². The summed E-state index contributed by atoms with van der Waals surface area (Å²) in [6.07, 6.45) is -0.806. The number of nitrogens with one attached hydrogen (secondary N) is 1. The van der Waals surface area contributed by atoms with E-state index in [9.17, 15) is 13.5 Å². The molecule has 0 aliphatic rings. The van der Waals surface area contributed by atoms with E-state index in [-0.39, 0.29) is 13.0 Å². The Hall–Kier alpha value is -0.860. The Kier molecular flexibility index (Phi) is 5.36. The maximum Gasteiger partial charge on any atom is 0.274 e. The van der Waals surface area contributed by atoms with Crippen LogP contribution in [0.2, 0.25) is 5.02 Å². The number of halogens is 1. The van der Waals surface area contributed by atoms with Gasteiger partial charge in [-0.3, -0.25) is 0 Å². The Morgan fingerprint density at radius 2 is 2.22 bits per heavy atom. The smallest absolute Gasteiger partial charge is 0.274 e. The van der Waals surface area contributed by atoms with Crippen LogP contribution in [-0.4, -0.2) is 27.2 Å². The van der Waals surface area contributed by atoms with Crippen molar-refractivity contribution in [3.63, 3.8) is 0 Å². The standard InChI is InChI=1S/C10H15ClN2O4S/c1-17-9-4-2-3-7(11)10(9)8(14)5-6-13-18(12,15)16/h2-4,8,13-14H,5-6H2,1H3,(H2,12,15,16). The maximum atomic E-state index is 10.7. The number of hydrogen-bond donors (Lipinski definition) is 3. The molecule has 1 atom stereocenters. The average Bonchev–Trinajstić information content (AvgIpc) is 2.26. The molecule has 0 aliphatic heterocycles. The maximum absolute atomic E-state index is 10.7. The third-order valence-corrected chi connectivity index (χ3v) is 3.22. The normalized spacial score (nSPS) is 13.3. The molecule has 0 fully saturated rings. The third kappa shape index (κ3) is 4.43. The van der Waals surface area contributed by atoms with Crippen molar-refractivity contribution >= 4 is 21.8 Å². The molecule has 0 heterocycles. The Morgan fingerprint density at radius 1 is 1.56 bits per heavy atom. The van der Waals surface area contributed by atoms with Crippen LogP contribution < -0.4 is 14.6 Å². The zero-order valence-corrected chi connectivity index (χ0v) is 11.3. The number of hydrogen-bond acceptors (Lipinski definition) is 4. The zero-order chi connectivity index (χ0) is 13.8. The van der Waals surface area contributed by atoms with E-state index in [0.717, 1.165) is 0 Å². The molecule has 0 saturated heterocycles. The molecule has 4 N–H and O–H groups in total. The minimum atomic E-state index is -3.75. The quantitative estimate of drug-likeness (QED) is 0.713. The number of methoxy groups -OCH3 is 1. The fourth-order valence-electron chi connectivity index (χ4n) is 1.50. The van der Waals surface area contributed by atoms with Crippen molar-refractivity contribution in [2.24, 2.45) is 5.14 Å². The average molecular weight is 295 g/mol. The van der Waals surface area contributed by atoms with Crippen LogP contribution in [0.15, 0.2) is 18.2 Å². The molecular formula is C10H15ClN2O4S. The predicted molar refractivity (Wildman–Crippen MR) is 68.7 cm³/mol. The van der Waals surface area contributed by atoms with Gasteiger partial charge in [-0.1, -0.05) is 17.7 Å². The number of benzene rings is 1. The molecule has 0 aliphatic carbocycles. The van der Waals surface area contributed by atoms with Crippen LogP contribution in [-0.2, 0) is 10.2 Å².